The Labute approximate surface area is 166 Å². The molecule has 1 fully saturated rings. The van der Waals surface area contributed by atoms with Gasteiger partial charge in [-0.25, -0.2) is 4.79 Å². The zero-order valence-corrected chi connectivity index (χ0v) is 16.9. The van der Waals surface area contributed by atoms with Crippen molar-refractivity contribution in [1.29, 1.82) is 0 Å². The van der Waals surface area contributed by atoms with Crippen molar-refractivity contribution in [2.24, 2.45) is 0 Å². The predicted octanol–water partition coefficient (Wildman–Crippen LogP) is 3.74. The van der Waals surface area contributed by atoms with Crippen LogP contribution < -0.4 is 15.5 Å². The normalized spacial score (nSPS) is 17.2. The Morgan fingerprint density at radius 3 is 2.29 bits per heavy atom. The molecule has 0 aliphatic carbocycles. The minimum atomic E-state index is -0.562. The average molecular weight is 383 g/mol. The molecule has 2 aromatic carbocycles. The van der Waals surface area contributed by atoms with E-state index in [1.165, 1.54) is 0 Å². The van der Waals surface area contributed by atoms with Crippen molar-refractivity contribution in [3.8, 4) is 5.75 Å². The van der Waals surface area contributed by atoms with Gasteiger partial charge in [0.05, 0.1) is 24.0 Å². The predicted molar refractivity (Wildman–Crippen MR) is 109 cm³/mol. The molecule has 6 nitrogen and oxygen atoms in total. The third kappa shape index (κ3) is 4.31. The summed E-state index contributed by atoms with van der Waals surface area (Å²) < 4.78 is 22.8. The van der Waals surface area contributed by atoms with Gasteiger partial charge in [-0.3, -0.25) is 5.32 Å². The Balaban J connectivity index is 1.72. The molecule has 28 heavy (non-hydrogen) atoms. The second kappa shape index (κ2) is 7.85. The minimum absolute atomic E-state index is 0.186. The summed E-state index contributed by atoms with van der Waals surface area (Å²) in [6.45, 7) is 8.17. The van der Waals surface area contributed by atoms with Crippen LogP contribution in [0.25, 0.3) is 0 Å². The number of nitrogens with one attached hydrogen (secondary N) is 1. The fourth-order valence-electron chi connectivity index (χ4n) is 2.82. The van der Waals surface area contributed by atoms with Crippen LogP contribution in [0.5, 0.6) is 5.75 Å². The van der Waals surface area contributed by atoms with Crippen LogP contribution in [-0.2, 0) is 20.7 Å². The fourth-order valence-corrected chi connectivity index (χ4v) is 2.82. The lowest BCUT2D eigenvalue weighted by molar-refractivity contribution is 0.00578. The number of hydrogen-bond acceptors (Lipinski definition) is 5. The number of carbonyl (C=O) groups excluding carboxylic acids is 1. The molecule has 0 radical (unpaired) electrons. The van der Waals surface area contributed by atoms with Crippen LogP contribution in [0.2, 0.25) is 0 Å². The molecule has 0 bridgehead atoms. The number of methoxy groups -OCH3 is 1. The average Bonchev–Trinajstić information content (AvgIpc) is 2.88. The second-order valence-corrected chi connectivity index (χ2v) is 7.73. The molecule has 1 saturated heterocycles. The number of carbonyl (C=O) groups is 1. The van der Waals surface area contributed by atoms with Gasteiger partial charge in [-0.05, 0) is 50.9 Å². The number of benzene rings is 2. The van der Waals surface area contributed by atoms with Crippen molar-refractivity contribution in [2.45, 2.75) is 45.5 Å². The summed E-state index contributed by atoms with van der Waals surface area (Å²) in [5, 5.41) is 2.74. The molecule has 1 amide bonds. The highest BCUT2D eigenvalue weighted by Gasteiger charge is 2.51. The molecule has 0 atom stereocenters. The van der Waals surface area contributed by atoms with E-state index >= 15 is 0 Å². The Morgan fingerprint density at radius 1 is 1.04 bits per heavy atom. The van der Waals surface area contributed by atoms with E-state index in [-0.39, 0.29) is 6.61 Å². The molecule has 1 heterocycles. The molecular formula is C21H26BNO5. The quantitative estimate of drug-likeness (QED) is 0.797. The van der Waals surface area contributed by atoms with Gasteiger partial charge in [-0.2, -0.15) is 0 Å². The van der Waals surface area contributed by atoms with Gasteiger partial charge in [0.15, 0.2) is 0 Å². The Kier molecular flexibility index (Phi) is 5.68. The van der Waals surface area contributed by atoms with Gasteiger partial charge in [0.25, 0.3) is 0 Å². The number of anilines is 1. The third-order valence-electron chi connectivity index (χ3n) is 5.20. The zero-order valence-electron chi connectivity index (χ0n) is 16.9. The van der Waals surface area contributed by atoms with E-state index in [1.807, 2.05) is 64.1 Å². The van der Waals surface area contributed by atoms with Crippen molar-refractivity contribution in [3.05, 3.63) is 54.1 Å². The van der Waals surface area contributed by atoms with Crippen LogP contribution in [0.3, 0.4) is 0 Å². The van der Waals surface area contributed by atoms with Gasteiger partial charge < -0.3 is 18.8 Å². The number of hydrogen-bond donors (Lipinski definition) is 1. The van der Waals surface area contributed by atoms with Crippen molar-refractivity contribution in [2.75, 3.05) is 12.4 Å². The van der Waals surface area contributed by atoms with E-state index in [0.29, 0.717) is 11.4 Å². The summed E-state index contributed by atoms with van der Waals surface area (Å²) >= 11 is 0. The van der Waals surface area contributed by atoms with Crippen molar-refractivity contribution >= 4 is 24.4 Å². The largest absolute Gasteiger partial charge is 0.495 e. The molecule has 1 aliphatic rings. The molecule has 7 heteroatoms. The zero-order chi connectivity index (χ0) is 20.4. The van der Waals surface area contributed by atoms with Gasteiger partial charge in [0, 0.05) is 0 Å². The molecule has 0 aromatic heterocycles. The lowest BCUT2D eigenvalue weighted by Crippen LogP contribution is -2.41. The highest BCUT2D eigenvalue weighted by molar-refractivity contribution is 6.62. The second-order valence-electron chi connectivity index (χ2n) is 7.73. The molecule has 1 N–H and O–H groups in total. The summed E-state index contributed by atoms with van der Waals surface area (Å²) in [6, 6.07) is 14.9. The maximum atomic E-state index is 12.2. The van der Waals surface area contributed by atoms with Gasteiger partial charge in [0.1, 0.15) is 12.4 Å². The first-order valence-corrected chi connectivity index (χ1v) is 9.23. The first kappa shape index (κ1) is 20.2. The van der Waals surface area contributed by atoms with E-state index in [9.17, 15) is 4.79 Å². The molecule has 2 aromatic rings. The lowest BCUT2D eigenvalue weighted by atomic mass is 9.79. The van der Waals surface area contributed by atoms with Gasteiger partial charge >= 0.3 is 13.2 Å². The first-order chi connectivity index (χ1) is 13.2. The molecule has 0 unspecified atom stereocenters. The van der Waals surface area contributed by atoms with Gasteiger partial charge in [-0.1, -0.05) is 36.4 Å². The summed E-state index contributed by atoms with van der Waals surface area (Å²) in [5.41, 5.74) is 1.31. The van der Waals surface area contributed by atoms with Crippen LogP contribution in [0.1, 0.15) is 33.3 Å². The van der Waals surface area contributed by atoms with Crippen molar-refractivity contribution < 1.29 is 23.6 Å². The van der Waals surface area contributed by atoms with E-state index in [2.05, 4.69) is 5.32 Å². The van der Waals surface area contributed by atoms with Crippen LogP contribution in [0.4, 0.5) is 10.5 Å². The number of rotatable bonds is 5. The summed E-state index contributed by atoms with van der Waals surface area (Å²) in [5.74, 6) is 0.525. The van der Waals surface area contributed by atoms with Crippen LogP contribution in [0, 0.1) is 0 Å². The fraction of sp³-hybridized carbons (Fsp3) is 0.381. The summed E-state index contributed by atoms with van der Waals surface area (Å²) in [4.78, 5) is 12.2. The molecular weight excluding hydrogens is 357 g/mol. The van der Waals surface area contributed by atoms with Crippen molar-refractivity contribution in [1.82, 2.24) is 0 Å². The topological polar surface area (TPSA) is 66.0 Å². The highest BCUT2D eigenvalue weighted by atomic mass is 16.7. The van der Waals surface area contributed by atoms with Crippen LogP contribution in [-0.4, -0.2) is 31.5 Å². The Hall–Kier alpha value is -2.51. The minimum Gasteiger partial charge on any atom is -0.495 e. The van der Waals surface area contributed by atoms with Crippen molar-refractivity contribution in [3.63, 3.8) is 0 Å². The third-order valence-corrected chi connectivity index (χ3v) is 5.20. The van der Waals surface area contributed by atoms with E-state index in [1.54, 1.807) is 19.2 Å². The molecule has 0 spiro atoms. The first-order valence-electron chi connectivity index (χ1n) is 9.23. The molecule has 148 valence electrons. The van der Waals surface area contributed by atoms with Gasteiger partial charge in [-0.15, -0.1) is 0 Å². The smallest absolute Gasteiger partial charge is 0.494 e. The van der Waals surface area contributed by atoms with Gasteiger partial charge in [0.2, 0.25) is 0 Å². The maximum Gasteiger partial charge on any atom is 0.494 e. The molecule has 3 rings (SSSR count). The summed E-state index contributed by atoms with van der Waals surface area (Å²) in [6.07, 6.45) is -0.562. The number of amides is 1. The highest BCUT2D eigenvalue weighted by Crippen LogP contribution is 2.37. The monoisotopic (exact) mass is 383 g/mol. The molecule has 0 saturated carbocycles. The van der Waals surface area contributed by atoms with E-state index in [0.717, 1.165) is 11.0 Å². The van der Waals surface area contributed by atoms with E-state index < -0.39 is 24.4 Å². The Morgan fingerprint density at radius 2 is 1.68 bits per heavy atom. The lowest BCUT2D eigenvalue weighted by Gasteiger charge is -2.32. The Bertz CT molecular complexity index is 822. The maximum absolute atomic E-state index is 12.2. The van der Waals surface area contributed by atoms with Crippen LogP contribution in [0.15, 0.2) is 48.5 Å². The number of ether oxygens (including phenoxy) is 2. The standard InChI is InChI=1S/C21H26BNO5/c1-20(2)21(3,4)28-22(27-20)16-11-12-18(25-5)17(13-16)23-19(24)26-14-15-9-7-6-8-10-15/h6-13H,14H2,1-5H3,(H,23,24). The molecule has 1 aliphatic heterocycles. The van der Waals surface area contributed by atoms with Crippen LogP contribution >= 0.6 is 0 Å². The van der Waals surface area contributed by atoms with E-state index in [4.69, 9.17) is 18.8 Å². The summed E-state index contributed by atoms with van der Waals surface area (Å²) in [7, 11) is 1.02. The SMILES string of the molecule is COc1ccc(B2OC(C)(C)C(C)(C)O2)cc1NC(=O)OCc1ccccc1.